The molecule has 0 atom stereocenters. The first-order valence-electron chi connectivity index (χ1n) is 6.87. The number of rotatable bonds is 5. The number of nitrogens with zero attached hydrogens (tertiary/aromatic N) is 1. The van der Waals surface area contributed by atoms with Gasteiger partial charge in [-0.1, -0.05) is 18.7 Å². The Hall–Kier alpha value is -2.30. The molecule has 1 aliphatic heterocycles. The van der Waals surface area contributed by atoms with Crippen LogP contribution >= 0.6 is 0 Å². The summed E-state index contributed by atoms with van der Waals surface area (Å²) in [6, 6.07) is 5.75. The van der Waals surface area contributed by atoms with Crippen molar-refractivity contribution in [1.82, 2.24) is 10.2 Å². The van der Waals surface area contributed by atoms with Crippen LogP contribution in [0.2, 0.25) is 0 Å². The quantitative estimate of drug-likeness (QED) is 0.824. The maximum absolute atomic E-state index is 12.0. The zero-order valence-corrected chi connectivity index (χ0v) is 12.4. The molecule has 1 aromatic rings. The number of carbonyl (C=O) groups is 2. The van der Waals surface area contributed by atoms with Gasteiger partial charge < -0.3 is 15.0 Å². The Kier molecular flexibility index (Phi) is 4.62. The average molecular weight is 288 g/mol. The molecule has 1 aliphatic rings. The lowest BCUT2D eigenvalue weighted by Gasteiger charge is -2.38. The molecular formula is C16H20N2O3. The van der Waals surface area contributed by atoms with Crippen molar-refractivity contribution >= 4 is 11.8 Å². The van der Waals surface area contributed by atoms with Crippen molar-refractivity contribution in [3.05, 3.63) is 42.0 Å². The van der Waals surface area contributed by atoms with E-state index >= 15 is 0 Å². The molecule has 2 amide bonds. The molecule has 0 aliphatic carbocycles. The number of amides is 2. The average Bonchev–Trinajstić information content (AvgIpc) is 2.42. The number of hydrogen-bond donors (Lipinski definition) is 1. The van der Waals surface area contributed by atoms with E-state index < -0.39 is 0 Å². The summed E-state index contributed by atoms with van der Waals surface area (Å²) in [4.78, 5) is 24.9. The number of aryl methyl sites for hydroxylation is 1. The molecule has 112 valence electrons. The molecule has 0 bridgehead atoms. The Bertz CT molecular complexity index is 563. The van der Waals surface area contributed by atoms with Crippen molar-refractivity contribution in [3.8, 4) is 5.75 Å². The second-order valence-corrected chi connectivity index (χ2v) is 5.19. The van der Waals surface area contributed by atoms with Gasteiger partial charge in [0.05, 0.1) is 19.6 Å². The monoisotopic (exact) mass is 288 g/mol. The lowest BCUT2D eigenvalue weighted by Crippen LogP contribution is -2.60. The second-order valence-electron chi connectivity index (χ2n) is 5.19. The number of carbonyl (C=O) groups excluding carboxylic acids is 2. The van der Waals surface area contributed by atoms with Gasteiger partial charge >= 0.3 is 0 Å². The van der Waals surface area contributed by atoms with Gasteiger partial charge in [0.25, 0.3) is 0 Å². The van der Waals surface area contributed by atoms with Gasteiger partial charge in [-0.2, -0.15) is 0 Å². The Balaban J connectivity index is 1.82. The number of hydrogen-bond acceptors (Lipinski definition) is 3. The Morgan fingerprint density at radius 3 is 2.76 bits per heavy atom. The summed E-state index contributed by atoms with van der Waals surface area (Å²) < 4.78 is 5.19. The topological polar surface area (TPSA) is 58.6 Å². The largest absolute Gasteiger partial charge is 0.496 e. The van der Waals surface area contributed by atoms with Gasteiger partial charge in [0.2, 0.25) is 11.8 Å². The Morgan fingerprint density at radius 1 is 1.48 bits per heavy atom. The molecule has 5 nitrogen and oxygen atoms in total. The first-order valence-corrected chi connectivity index (χ1v) is 6.87. The van der Waals surface area contributed by atoms with Crippen molar-refractivity contribution < 1.29 is 14.3 Å². The maximum atomic E-state index is 12.0. The van der Waals surface area contributed by atoms with E-state index in [4.69, 9.17) is 4.74 Å². The van der Waals surface area contributed by atoms with Crippen LogP contribution in [0.15, 0.2) is 30.9 Å². The minimum absolute atomic E-state index is 0.0322. The van der Waals surface area contributed by atoms with E-state index in [-0.39, 0.29) is 17.9 Å². The summed E-state index contributed by atoms with van der Waals surface area (Å²) in [7, 11) is 1.63. The van der Waals surface area contributed by atoms with Gasteiger partial charge in [-0.3, -0.25) is 9.59 Å². The normalized spacial score (nSPS) is 14.3. The molecule has 1 saturated heterocycles. The molecule has 1 fully saturated rings. The molecular weight excluding hydrogens is 268 g/mol. The van der Waals surface area contributed by atoms with Crippen molar-refractivity contribution in [2.45, 2.75) is 19.4 Å². The fraction of sp³-hybridized carbons (Fsp3) is 0.375. The molecule has 0 unspecified atom stereocenters. The summed E-state index contributed by atoms with van der Waals surface area (Å²) in [6.45, 7) is 6.50. The van der Waals surface area contributed by atoms with Crippen molar-refractivity contribution in [2.75, 3.05) is 20.2 Å². The summed E-state index contributed by atoms with van der Waals surface area (Å²) in [5, 5.41) is 2.92. The maximum Gasteiger partial charge on any atom is 0.246 e. The third-order valence-corrected chi connectivity index (χ3v) is 3.56. The molecule has 2 rings (SSSR count). The third kappa shape index (κ3) is 3.62. The van der Waals surface area contributed by atoms with E-state index in [0.29, 0.717) is 19.5 Å². The van der Waals surface area contributed by atoms with Gasteiger partial charge in [-0.15, -0.1) is 0 Å². The molecule has 0 saturated carbocycles. The fourth-order valence-corrected chi connectivity index (χ4v) is 2.39. The number of ether oxygens (including phenoxy) is 1. The minimum atomic E-state index is -0.0914. The zero-order chi connectivity index (χ0) is 15.4. The standard InChI is InChI=1S/C16H20N2O3/c1-4-16(20)18-9-13(10-18)17-15(19)8-12-5-6-14(21-3)11(2)7-12/h4-7,13H,1,8-10H2,2-3H3,(H,17,19). The Labute approximate surface area is 124 Å². The molecule has 1 heterocycles. The SMILES string of the molecule is C=CC(=O)N1CC(NC(=O)Cc2ccc(OC)c(C)c2)C1. The van der Waals surface area contributed by atoms with E-state index in [1.807, 2.05) is 25.1 Å². The fourth-order valence-electron chi connectivity index (χ4n) is 2.39. The first kappa shape index (κ1) is 15.1. The molecule has 0 radical (unpaired) electrons. The summed E-state index contributed by atoms with van der Waals surface area (Å²) in [5.41, 5.74) is 1.96. The van der Waals surface area contributed by atoms with E-state index in [2.05, 4.69) is 11.9 Å². The number of nitrogens with one attached hydrogen (secondary N) is 1. The molecule has 0 spiro atoms. The van der Waals surface area contributed by atoms with Gasteiger partial charge in [-0.25, -0.2) is 0 Å². The third-order valence-electron chi connectivity index (χ3n) is 3.56. The predicted molar refractivity (Wildman–Crippen MR) is 80.1 cm³/mol. The minimum Gasteiger partial charge on any atom is -0.496 e. The van der Waals surface area contributed by atoms with Gasteiger partial charge in [0.15, 0.2) is 0 Å². The highest BCUT2D eigenvalue weighted by Crippen LogP contribution is 2.18. The first-order chi connectivity index (χ1) is 10.0. The Morgan fingerprint density at radius 2 is 2.19 bits per heavy atom. The van der Waals surface area contributed by atoms with Gasteiger partial charge in [0.1, 0.15) is 5.75 Å². The van der Waals surface area contributed by atoms with E-state index in [9.17, 15) is 9.59 Å². The summed E-state index contributed by atoms with van der Waals surface area (Å²) in [6.07, 6.45) is 1.62. The zero-order valence-electron chi connectivity index (χ0n) is 12.4. The molecule has 5 heteroatoms. The van der Waals surface area contributed by atoms with Crippen molar-refractivity contribution in [3.63, 3.8) is 0 Å². The number of methoxy groups -OCH3 is 1. The van der Waals surface area contributed by atoms with Crippen LogP contribution in [0.5, 0.6) is 5.75 Å². The highest BCUT2D eigenvalue weighted by molar-refractivity contribution is 5.88. The highest BCUT2D eigenvalue weighted by Gasteiger charge is 2.30. The smallest absolute Gasteiger partial charge is 0.246 e. The van der Waals surface area contributed by atoms with E-state index in [0.717, 1.165) is 16.9 Å². The van der Waals surface area contributed by atoms with Crippen molar-refractivity contribution in [2.24, 2.45) is 0 Å². The highest BCUT2D eigenvalue weighted by atomic mass is 16.5. The van der Waals surface area contributed by atoms with E-state index in [1.54, 1.807) is 12.0 Å². The predicted octanol–water partition coefficient (Wildman–Crippen LogP) is 1.06. The molecule has 1 N–H and O–H groups in total. The molecule has 0 aromatic heterocycles. The van der Waals surface area contributed by atoms with E-state index in [1.165, 1.54) is 6.08 Å². The van der Waals surface area contributed by atoms with Crippen LogP contribution in [0.4, 0.5) is 0 Å². The lowest BCUT2D eigenvalue weighted by atomic mass is 10.1. The number of likely N-dealkylation sites (tertiary alicyclic amines) is 1. The summed E-state index contributed by atoms with van der Waals surface area (Å²) in [5.74, 6) is 0.693. The van der Waals surface area contributed by atoms with Crippen LogP contribution in [-0.2, 0) is 16.0 Å². The van der Waals surface area contributed by atoms with Crippen LogP contribution in [0.1, 0.15) is 11.1 Å². The van der Waals surface area contributed by atoms with Crippen LogP contribution in [0, 0.1) is 6.92 Å². The number of benzene rings is 1. The van der Waals surface area contributed by atoms with Crippen LogP contribution in [0.3, 0.4) is 0 Å². The molecule has 1 aromatic carbocycles. The second kappa shape index (κ2) is 6.43. The summed E-state index contributed by atoms with van der Waals surface area (Å²) >= 11 is 0. The van der Waals surface area contributed by atoms with Crippen LogP contribution in [0.25, 0.3) is 0 Å². The van der Waals surface area contributed by atoms with Gasteiger partial charge in [-0.05, 0) is 30.2 Å². The lowest BCUT2D eigenvalue weighted by molar-refractivity contribution is -0.133. The van der Waals surface area contributed by atoms with Crippen molar-refractivity contribution in [1.29, 1.82) is 0 Å². The van der Waals surface area contributed by atoms with Crippen LogP contribution in [-0.4, -0.2) is 43.0 Å². The van der Waals surface area contributed by atoms with Crippen LogP contribution < -0.4 is 10.1 Å². The molecule has 21 heavy (non-hydrogen) atoms. The van der Waals surface area contributed by atoms with Gasteiger partial charge in [0, 0.05) is 13.1 Å².